The number of carbonyl (C=O) groups excluding carboxylic acids is 1. The second kappa shape index (κ2) is 4.38. The molecular formula is C14H15N3O. The molecule has 0 amide bonds. The summed E-state index contributed by atoms with van der Waals surface area (Å²) < 4.78 is 0. The van der Waals surface area contributed by atoms with E-state index in [-0.39, 0.29) is 0 Å². The van der Waals surface area contributed by atoms with Gasteiger partial charge in [0.15, 0.2) is 0 Å². The van der Waals surface area contributed by atoms with Crippen molar-refractivity contribution in [1.29, 1.82) is 0 Å². The Labute approximate surface area is 105 Å². The summed E-state index contributed by atoms with van der Waals surface area (Å²) in [6.45, 7) is 2.15. The number of pyridine rings is 1. The van der Waals surface area contributed by atoms with Crippen LogP contribution in [0.15, 0.2) is 30.3 Å². The average molecular weight is 241 g/mol. The van der Waals surface area contributed by atoms with E-state index in [0.717, 1.165) is 35.4 Å². The number of nitrogen functional groups attached to an aromatic ring is 1. The average Bonchev–Trinajstić information content (AvgIpc) is 2.75. The topological polar surface area (TPSA) is 59.2 Å². The van der Waals surface area contributed by atoms with Crippen LogP contribution in [0, 0.1) is 0 Å². The molecule has 0 radical (unpaired) electrons. The Bertz CT molecular complexity index is 609. The van der Waals surface area contributed by atoms with E-state index in [1.165, 1.54) is 0 Å². The van der Waals surface area contributed by atoms with Gasteiger partial charge in [-0.25, -0.2) is 0 Å². The minimum absolute atomic E-state index is 0.323. The van der Waals surface area contributed by atoms with Crippen molar-refractivity contribution in [2.75, 3.05) is 18.8 Å². The predicted octanol–water partition coefficient (Wildman–Crippen LogP) is 1.59. The van der Waals surface area contributed by atoms with E-state index in [2.05, 4.69) is 9.88 Å². The number of aromatic nitrogens is 1. The maximum atomic E-state index is 11.2. The van der Waals surface area contributed by atoms with Crippen LogP contribution in [0.3, 0.4) is 0 Å². The molecule has 1 aliphatic heterocycles. The second-order valence-corrected chi connectivity index (χ2v) is 4.75. The maximum absolute atomic E-state index is 11.2. The molecule has 0 spiro atoms. The van der Waals surface area contributed by atoms with E-state index in [0.29, 0.717) is 18.7 Å². The number of likely N-dealkylation sites (tertiary alicyclic amines) is 1. The molecule has 0 aliphatic carbocycles. The van der Waals surface area contributed by atoms with Crippen molar-refractivity contribution in [1.82, 2.24) is 9.88 Å². The summed E-state index contributed by atoms with van der Waals surface area (Å²) in [7, 11) is 0. The number of hydrogen-bond acceptors (Lipinski definition) is 4. The SMILES string of the molecule is Nc1ccc2nc(CN3CCC(=O)C3)ccc2c1. The van der Waals surface area contributed by atoms with Gasteiger partial charge in [-0.05, 0) is 24.3 Å². The first-order chi connectivity index (χ1) is 8.70. The van der Waals surface area contributed by atoms with Crippen molar-refractivity contribution in [3.63, 3.8) is 0 Å². The van der Waals surface area contributed by atoms with Crippen LogP contribution in [0.5, 0.6) is 0 Å². The molecule has 0 bridgehead atoms. The fourth-order valence-electron chi connectivity index (χ4n) is 2.33. The Balaban J connectivity index is 1.85. The number of carbonyl (C=O) groups is 1. The molecule has 2 N–H and O–H groups in total. The number of anilines is 1. The number of ketones is 1. The zero-order valence-electron chi connectivity index (χ0n) is 10.1. The highest BCUT2D eigenvalue weighted by atomic mass is 16.1. The summed E-state index contributed by atoms with van der Waals surface area (Å²) in [4.78, 5) is 17.9. The summed E-state index contributed by atoms with van der Waals surface area (Å²) in [5, 5.41) is 1.05. The quantitative estimate of drug-likeness (QED) is 0.811. The van der Waals surface area contributed by atoms with Gasteiger partial charge >= 0.3 is 0 Å². The van der Waals surface area contributed by atoms with Gasteiger partial charge < -0.3 is 5.73 Å². The number of fused-ring (bicyclic) bond motifs is 1. The Morgan fingerprint density at radius 2 is 2.17 bits per heavy atom. The predicted molar refractivity (Wildman–Crippen MR) is 71.1 cm³/mol. The van der Waals surface area contributed by atoms with Crippen LogP contribution in [0.4, 0.5) is 5.69 Å². The molecule has 1 fully saturated rings. The lowest BCUT2D eigenvalue weighted by atomic mass is 10.2. The van der Waals surface area contributed by atoms with Crippen LogP contribution in [-0.4, -0.2) is 28.8 Å². The van der Waals surface area contributed by atoms with Crippen LogP contribution >= 0.6 is 0 Å². The van der Waals surface area contributed by atoms with E-state index in [1.54, 1.807) is 0 Å². The minimum Gasteiger partial charge on any atom is -0.399 e. The Hall–Kier alpha value is -1.94. The van der Waals surface area contributed by atoms with Gasteiger partial charge in [0, 0.05) is 30.6 Å². The van der Waals surface area contributed by atoms with Crippen molar-refractivity contribution in [2.45, 2.75) is 13.0 Å². The summed E-state index contributed by atoms with van der Waals surface area (Å²) in [5.74, 6) is 0.323. The number of nitrogens with zero attached hydrogens (tertiary/aromatic N) is 2. The number of hydrogen-bond donors (Lipinski definition) is 1. The molecule has 0 atom stereocenters. The van der Waals surface area contributed by atoms with E-state index < -0.39 is 0 Å². The van der Waals surface area contributed by atoms with Crippen LogP contribution < -0.4 is 5.73 Å². The fourth-order valence-corrected chi connectivity index (χ4v) is 2.33. The first-order valence-electron chi connectivity index (χ1n) is 6.10. The number of benzene rings is 1. The molecule has 18 heavy (non-hydrogen) atoms. The number of rotatable bonds is 2. The monoisotopic (exact) mass is 241 g/mol. The van der Waals surface area contributed by atoms with Gasteiger partial charge in [-0.2, -0.15) is 0 Å². The van der Waals surface area contributed by atoms with Gasteiger partial charge in [0.2, 0.25) is 0 Å². The Morgan fingerprint density at radius 1 is 1.28 bits per heavy atom. The van der Waals surface area contributed by atoms with E-state index in [1.807, 2.05) is 30.3 Å². The molecule has 4 nitrogen and oxygen atoms in total. The third kappa shape index (κ3) is 2.19. The molecule has 0 unspecified atom stereocenters. The fraction of sp³-hybridized carbons (Fsp3) is 0.286. The van der Waals surface area contributed by atoms with E-state index >= 15 is 0 Å². The third-order valence-electron chi connectivity index (χ3n) is 3.26. The Morgan fingerprint density at radius 3 is 2.94 bits per heavy atom. The summed E-state index contributed by atoms with van der Waals surface area (Å²) >= 11 is 0. The summed E-state index contributed by atoms with van der Waals surface area (Å²) in [6.07, 6.45) is 0.671. The van der Waals surface area contributed by atoms with Gasteiger partial charge in [-0.3, -0.25) is 14.7 Å². The molecule has 92 valence electrons. The normalized spacial score (nSPS) is 16.6. The first-order valence-corrected chi connectivity index (χ1v) is 6.10. The van der Waals surface area contributed by atoms with E-state index in [9.17, 15) is 4.79 Å². The van der Waals surface area contributed by atoms with Gasteiger partial charge in [0.05, 0.1) is 17.8 Å². The molecule has 1 aromatic heterocycles. The lowest BCUT2D eigenvalue weighted by molar-refractivity contribution is -0.116. The van der Waals surface area contributed by atoms with Crippen LogP contribution in [0.2, 0.25) is 0 Å². The molecule has 2 aromatic rings. The highest BCUT2D eigenvalue weighted by Gasteiger charge is 2.19. The molecule has 1 aromatic carbocycles. The van der Waals surface area contributed by atoms with Crippen molar-refractivity contribution in [3.05, 3.63) is 36.0 Å². The molecule has 1 aliphatic rings. The lowest BCUT2D eigenvalue weighted by Gasteiger charge is -2.13. The second-order valence-electron chi connectivity index (χ2n) is 4.75. The van der Waals surface area contributed by atoms with Gasteiger partial charge in [0.25, 0.3) is 0 Å². The molecule has 0 saturated carbocycles. The third-order valence-corrected chi connectivity index (χ3v) is 3.26. The lowest BCUT2D eigenvalue weighted by Crippen LogP contribution is -2.20. The van der Waals surface area contributed by atoms with Crippen molar-refractivity contribution < 1.29 is 4.79 Å². The van der Waals surface area contributed by atoms with Crippen molar-refractivity contribution in [3.8, 4) is 0 Å². The van der Waals surface area contributed by atoms with Gasteiger partial charge in [-0.1, -0.05) is 6.07 Å². The number of Topliss-reactive ketones (excluding diaryl/α,β-unsaturated/α-hetero) is 1. The molecular weight excluding hydrogens is 226 g/mol. The van der Waals surface area contributed by atoms with Crippen LogP contribution in [0.1, 0.15) is 12.1 Å². The van der Waals surface area contributed by atoms with Gasteiger partial charge in [0.1, 0.15) is 5.78 Å². The molecule has 4 heteroatoms. The zero-order valence-corrected chi connectivity index (χ0v) is 10.1. The van der Waals surface area contributed by atoms with Gasteiger partial charge in [-0.15, -0.1) is 0 Å². The van der Waals surface area contributed by atoms with Crippen LogP contribution in [0.25, 0.3) is 10.9 Å². The number of nitrogens with two attached hydrogens (primary N) is 1. The maximum Gasteiger partial charge on any atom is 0.148 e. The zero-order chi connectivity index (χ0) is 12.5. The smallest absolute Gasteiger partial charge is 0.148 e. The largest absolute Gasteiger partial charge is 0.399 e. The standard InChI is InChI=1S/C14H15N3O/c15-11-2-4-14-10(7-11)1-3-12(16-14)8-17-6-5-13(18)9-17/h1-4,7H,5-6,8-9,15H2. The first kappa shape index (κ1) is 11.2. The molecule has 2 heterocycles. The van der Waals surface area contributed by atoms with Crippen LogP contribution in [-0.2, 0) is 11.3 Å². The summed E-state index contributed by atoms with van der Waals surface area (Å²) in [6, 6.07) is 9.75. The Kier molecular flexibility index (Phi) is 2.72. The summed E-state index contributed by atoms with van der Waals surface area (Å²) in [5.41, 5.74) is 8.44. The van der Waals surface area contributed by atoms with Crippen molar-refractivity contribution >= 4 is 22.4 Å². The highest BCUT2D eigenvalue weighted by molar-refractivity contribution is 5.83. The molecule has 1 saturated heterocycles. The van der Waals surface area contributed by atoms with E-state index in [4.69, 9.17) is 5.73 Å². The van der Waals surface area contributed by atoms with Crippen molar-refractivity contribution in [2.24, 2.45) is 0 Å². The highest BCUT2D eigenvalue weighted by Crippen LogP contribution is 2.17. The minimum atomic E-state index is 0.323. The molecule has 3 rings (SSSR count).